The number of hydrogen-bond acceptors (Lipinski definition) is 4. The van der Waals surface area contributed by atoms with E-state index in [2.05, 4.69) is 0 Å². The predicted octanol–water partition coefficient (Wildman–Crippen LogP) is 5.24. The van der Waals surface area contributed by atoms with E-state index in [-0.39, 0.29) is 45.6 Å². The Hall–Kier alpha value is -3.73. The van der Waals surface area contributed by atoms with Gasteiger partial charge >= 0.3 is 6.18 Å². The number of phenolic OH excluding ortho intramolecular Hbond substituents is 2. The van der Waals surface area contributed by atoms with Gasteiger partial charge in [0.25, 0.3) is 0 Å². The lowest BCUT2D eigenvalue weighted by molar-refractivity contribution is -0.138. The molecule has 4 nitrogen and oxygen atoms in total. The minimum Gasteiger partial charge on any atom is -0.508 e. The molecule has 1 aliphatic rings. The van der Waals surface area contributed by atoms with Gasteiger partial charge in [-0.1, -0.05) is 6.07 Å². The normalized spacial score (nSPS) is 13.5. The average Bonchev–Trinajstić information content (AvgIpc) is 3.26. The number of hydrogen-bond donors (Lipinski definition) is 2. The van der Waals surface area contributed by atoms with Crippen molar-refractivity contribution < 1.29 is 32.2 Å². The molecule has 0 bridgehead atoms. The number of benzene rings is 2. The number of aromatic hydroxyl groups is 2. The Morgan fingerprint density at radius 1 is 1.07 bits per heavy atom. The van der Waals surface area contributed by atoms with Crippen molar-refractivity contribution in [2.45, 2.75) is 12.6 Å². The highest BCUT2D eigenvalue weighted by Gasteiger charge is 2.39. The molecule has 1 heterocycles. The molecule has 2 N–H and O–H groups in total. The summed E-state index contributed by atoms with van der Waals surface area (Å²) in [5.74, 6) is -2.12. The minimum absolute atomic E-state index is 0.0217. The summed E-state index contributed by atoms with van der Waals surface area (Å²) in [4.78, 5) is 0. The molecule has 0 saturated carbocycles. The zero-order valence-electron chi connectivity index (χ0n) is 14.5. The van der Waals surface area contributed by atoms with Gasteiger partial charge in [0, 0.05) is 12.0 Å². The van der Waals surface area contributed by atoms with E-state index in [4.69, 9.17) is 4.42 Å². The molecular formula is C21H11F4NO3. The minimum atomic E-state index is -4.73. The molecule has 0 fully saturated rings. The standard InChI is InChI=1S/C21H11F4NO3/c22-17-5-10(1-2-18(17)28)13-8-14-15(6-12(27)7-16(14)21(23,24)25)19(13)20-11(9-26)3-4-29-20/h1-7,27-28H,8H2. The first kappa shape index (κ1) is 18.6. The summed E-state index contributed by atoms with van der Waals surface area (Å²) in [5, 5.41) is 28.7. The highest BCUT2D eigenvalue weighted by atomic mass is 19.4. The third-order valence-electron chi connectivity index (χ3n) is 4.77. The molecule has 0 spiro atoms. The molecule has 0 aliphatic heterocycles. The van der Waals surface area contributed by atoms with E-state index in [1.54, 1.807) is 0 Å². The van der Waals surface area contributed by atoms with Gasteiger partial charge in [0.05, 0.1) is 17.4 Å². The molecule has 1 aromatic heterocycles. The number of furan rings is 1. The number of alkyl halides is 3. The van der Waals surface area contributed by atoms with Gasteiger partial charge < -0.3 is 14.6 Å². The molecule has 0 saturated heterocycles. The quantitative estimate of drug-likeness (QED) is 0.576. The zero-order valence-corrected chi connectivity index (χ0v) is 14.5. The summed E-state index contributed by atoms with van der Waals surface area (Å²) in [5.41, 5.74) is -0.346. The maximum Gasteiger partial charge on any atom is 0.416 e. The molecule has 8 heteroatoms. The van der Waals surface area contributed by atoms with Crippen LogP contribution in [0.2, 0.25) is 0 Å². The number of nitriles is 1. The molecule has 4 rings (SSSR count). The molecule has 0 atom stereocenters. The fourth-order valence-electron chi connectivity index (χ4n) is 3.54. The maximum atomic E-state index is 13.9. The fraction of sp³-hybridized carbons (Fsp3) is 0.0952. The van der Waals surface area contributed by atoms with Crippen molar-refractivity contribution in [2.75, 3.05) is 0 Å². The number of fused-ring (bicyclic) bond motifs is 1. The third kappa shape index (κ3) is 3.01. The van der Waals surface area contributed by atoms with Gasteiger partial charge in [-0.05, 0) is 52.6 Å². The number of halogens is 4. The second-order valence-electron chi connectivity index (χ2n) is 6.49. The Bertz CT molecular complexity index is 1220. The second kappa shape index (κ2) is 6.41. The fourth-order valence-corrected chi connectivity index (χ4v) is 3.54. The van der Waals surface area contributed by atoms with E-state index < -0.39 is 29.1 Å². The van der Waals surface area contributed by atoms with Gasteiger partial charge in [0.2, 0.25) is 0 Å². The molecule has 1 aliphatic carbocycles. The Morgan fingerprint density at radius 3 is 2.48 bits per heavy atom. The molecule has 0 amide bonds. The summed E-state index contributed by atoms with van der Waals surface area (Å²) in [7, 11) is 0. The lowest BCUT2D eigenvalue weighted by Crippen LogP contribution is -2.09. The van der Waals surface area contributed by atoms with E-state index in [9.17, 15) is 33.0 Å². The van der Waals surface area contributed by atoms with Crippen LogP contribution in [0.4, 0.5) is 17.6 Å². The third-order valence-corrected chi connectivity index (χ3v) is 4.77. The summed E-state index contributed by atoms with van der Waals surface area (Å²) in [6.07, 6.45) is -3.73. The number of nitrogens with zero attached hydrogens (tertiary/aromatic N) is 1. The Kier molecular flexibility index (Phi) is 4.12. The van der Waals surface area contributed by atoms with Crippen molar-refractivity contribution in [3.63, 3.8) is 0 Å². The predicted molar refractivity (Wildman–Crippen MR) is 94.2 cm³/mol. The number of rotatable bonds is 2. The molecule has 29 heavy (non-hydrogen) atoms. The molecule has 0 unspecified atom stereocenters. The van der Waals surface area contributed by atoms with Gasteiger partial charge in [-0.3, -0.25) is 0 Å². The van der Waals surface area contributed by atoms with Crippen LogP contribution in [0.1, 0.15) is 33.6 Å². The Morgan fingerprint density at radius 2 is 1.83 bits per heavy atom. The van der Waals surface area contributed by atoms with E-state index in [0.717, 1.165) is 18.2 Å². The monoisotopic (exact) mass is 401 g/mol. The van der Waals surface area contributed by atoms with Gasteiger partial charge in [-0.25, -0.2) is 4.39 Å². The van der Waals surface area contributed by atoms with Crippen LogP contribution in [0.3, 0.4) is 0 Å². The van der Waals surface area contributed by atoms with Crippen molar-refractivity contribution in [1.29, 1.82) is 5.26 Å². The average molecular weight is 401 g/mol. The van der Waals surface area contributed by atoms with E-state index in [1.807, 2.05) is 6.07 Å². The van der Waals surface area contributed by atoms with E-state index >= 15 is 0 Å². The first-order valence-corrected chi connectivity index (χ1v) is 8.34. The van der Waals surface area contributed by atoms with Crippen LogP contribution in [0.5, 0.6) is 11.5 Å². The second-order valence-corrected chi connectivity index (χ2v) is 6.49. The van der Waals surface area contributed by atoms with Crippen LogP contribution in [-0.4, -0.2) is 10.2 Å². The van der Waals surface area contributed by atoms with Crippen molar-refractivity contribution in [3.8, 4) is 17.6 Å². The first-order valence-electron chi connectivity index (χ1n) is 8.34. The van der Waals surface area contributed by atoms with Crippen LogP contribution in [0.15, 0.2) is 47.1 Å². The molecular weight excluding hydrogens is 390 g/mol. The van der Waals surface area contributed by atoms with E-state index in [1.165, 1.54) is 18.4 Å². The molecule has 2 aromatic carbocycles. The van der Waals surface area contributed by atoms with Gasteiger partial charge in [0.15, 0.2) is 17.3 Å². The van der Waals surface area contributed by atoms with Gasteiger partial charge in [-0.15, -0.1) is 0 Å². The topological polar surface area (TPSA) is 77.4 Å². The van der Waals surface area contributed by atoms with Crippen molar-refractivity contribution in [1.82, 2.24) is 0 Å². The lowest BCUT2D eigenvalue weighted by Gasteiger charge is -2.13. The zero-order chi connectivity index (χ0) is 20.9. The van der Waals surface area contributed by atoms with Crippen LogP contribution in [0.25, 0.3) is 11.1 Å². The summed E-state index contributed by atoms with van der Waals surface area (Å²) in [6, 6.07) is 8.51. The van der Waals surface area contributed by atoms with Gasteiger partial charge in [-0.2, -0.15) is 18.4 Å². The first-order chi connectivity index (χ1) is 13.7. The highest BCUT2D eigenvalue weighted by molar-refractivity contribution is 6.04. The Labute approximate surface area is 161 Å². The summed E-state index contributed by atoms with van der Waals surface area (Å²) < 4.78 is 60.1. The SMILES string of the molecule is N#Cc1ccoc1C1=C(c2ccc(O)c(F)c2)Cc2c1cc(O)cc2C(F)(F)F. The van der Waals surface area contributed by atoms with Crippen molar-refractivity contribution >= 4 is 11.1 Å². The van der Waals surface area contributed by atoms with Gasteiger partial charge in [0.1, 0.15) is 11.8 Å². The highest BCUT2D eigenvalue weighted by Crippen LogP contribution is 2.49. The van der Waals surface area contributed by atoms with Crippen molar-refractivity contribution in [2.24, 2.45) is 0 Å². The van der Waals surface area contributed by atoms with Crippen LogP contribution >= 0.6 is 0 Å². The van der Waals surface area contributed by atoms with Crippen LogP contribution in [0, 0.1) is 17.1 Å². The van der Waals surface area contributed by atoms with Crippen LogP contribution in [-0.2, 0) is 12.6 Å². The maximum absolute atomic E-state index is 13.9. The van der Waals surface area contributed by atoms with E-state index in [0.29, 0.717) is 6.07 Å². The molecule has 3 aromatic rings. The molecule has 146 valence electrons. The summed E-state index contributed by atoms with van der Waals surface area (Å²) in [6.45, 7) is 0. The van der Waals surface area contributed by atoms with Crippen molar-refractivity contribution in [3.05, 3.63) is 82.1 Å². The molecule has 0 radical (unpaired) electrons. The number of allylic oxidation sites excluding steroid dienone is 1. The number of phenols is 2. The smallest absolute Gasteiger partial charge is 0.416 e. The summed E-state index contributed by atoms with van der Waals surface area (Å²) >= 11 is 0. The lowest BCUT2D eigenvalue weighted by atomic mass is 9.96. The Balaban J connectivity index is 2.05. The van der Waals surface area contributed by atoms with Crippen LogP contribution < -0.4 is 0 Å². The largest absolute Gasteiger partial charge is 0.508 e.